The van der Waals surface area contributed by atoms with Gasteiger partial charge >= 0.3 is 0 Å². The third-order valence-electron chi connectivity index (χ3n) is 10.2. The first-order chi connectivity index (χ1) is 23.1. The molecule has 0 spiro atoms. The van der Waals surface area contributed by atoms with E-state index in [-0.39, 0.29) is 5.41 Å². The Morgan fingerprint density at radius 1 is 0.553 bits per heavy atom. The van der Waals surface area contributed by atoms with Crippen LogP contribution in [0.1, 0.15) is 25.0 Å². The fraction of sp³-hybridized carbons (Fsp3) is 0.0682. The Hall–Kier alpha value is -5.51. The van der Waals surface area contributed by atoms with Crippen molar-refractivity contribution in [2.75, 3.05) is 0 Å². The number of nitrogens with zero attached hydrogens (tertiary/aromatic N) is 2. The minimum absolute atomic E-state index is 0.153. The molecular formula is C44H30N2S. The molecule has 0 saturated heterocycles. The van der Waals surface area contributed by atoms with Crippen LogP contribution in [-0.4, -0.2) is 9.55 Å². The summed E-state index contributed by atoms with van der Waals surface area (Å²) in [6, 6.07) is 53.0. The van der Waals surface area contributed by atoms with Crippen LogP contribution in [0.25, 0.3) is 81.3 Å². The van der Waals surface area contributed by atoms with Gasteiger partial charge in [0.1, 0.15) is 0 Å². The van der Waals surface area contributed by atoms with Crippen LogP contribution < -0.4 is 0 Å². The molecule has 10 rings (SSSR count). The zero-order valence-corrected chi connectivity index (χ0v) is 27.0. The molecule has 6 aromatic carbocycles. The number of hydrogen-bond donors (Lipinski definition) is 0. The minimum atomic E-state index is -0.153. The van der Waals surface area contributed by atoms with Crippen molar-refractivity contribution in [1.82, 2.24) is 9.55 Å². The van der Waals surface area contributed by atoms with Gasteiger partial charge in [-0.05, 0) is 58.1 Å². The quantitative estimate of drug-likeness (QED) is 0.193. The highest BCUT2D eigenvalue weighted by Crippen LogP contribution is 2.56. The van der Waals surface area contributed by atoms with Gasteiger partial charge in [-0.3, -0.25) is 0 Å². The highest BCUT2D eigenvalue weighted by Gasteiger charge is 2.40. The van der Waals surface area contributed by atoms with Crippen LogP contribution in [0.15, 0.2) is 146 Å². The van der Waals surface area contributed by atoms with Gasteiger partial charge in [-0.15, -0.1) is 11.3 Å². The molecule has 0 aliphatic heterocycles. The van der Waals surface area contributed by atoms with E-state index in [2.05, 4.69) is 164 Å². The lowest BCUT2D eigenvalue weighted by atomic mass is 9.80. The van der Waals surface area contributed by atoms with Gasteiger partial charge in [0.2, 0.25) is 0 Å². The fourth-order valence-electron chi connectivity index (χ4n) is 7.99. The molecule has 3 heteroatoms. The molecule has 0 N–H and O–H groups in total. The number of benzene rings is 6. The maximum atomic E-state index is 5.48. The molecule has 2 nitrogen and oxygen atoms in total. The van der Waals surface area contributed by atoms with Crippen LogP contribution in [0.3, 0.4) is 0 Å². The van der Waals surface area contributed by atoms with E-state index >= 15 is 0 Å². The second-order valence-corrected chi connectivity index (χ2v) is 14.2. The molecule has 1 aliphatic rings. The van der Waals surface area contributed by atoms with Crippen molar-refractivity contribution in [3.05, 3.63) is 157 Å². The summed E-state index contributed by atoms with van der Waals surface area (Å²) >= 11 is 1.87. The fourth-order valence-corrected chi connectivity index (χ4v) is 9.20. The van der Waals surface area contributed by atoms with Crippen molar-refractivity contribution >= 4 is 53.4 Å². The van der Waals surface area contributed by atoms with Crippen molar-refractivity contribution in [3.8, 4) is 39.2 Å². The molecule has 0 atom stereocenters. The molecule has 0 saturated carbocycles. The average Bonchev–Trinajstić information content (AvgIpc) is 3.74. The largest absolute Gasteiger partial charge is 0.309 e. The van der Waals surface area contributed by atoms with E-state index in [9.17, 15) is 0 Å². The van der Waals surface area contributed by atoms with E-state index in [1.54, 1.807) is 0 Å². The lowest BCUT2D eigenvalue weighted by Crippen LogP contribution is -2.17. The van der Waals surface area contributed by atoms with E-state index < -0.39 is 0 Å². The first-order valence-corrected chi connectivity index (χ1v) is 17.0. The molecule has 1 aliphatic carbocycles. The summed E-state index contributed by atoms with van der Waals surface area (Å²) < 4.78 is 4.95. The van der Waals surface area contributed by atoms with Gasteiger partial charge in [-0.25, -0.2) is 4.98 Å². The summed E-state index contributed by atoms with van der Waals surface area (Å²) in [5.74, 6) is 0. The lowest BCUT2D eigenvalue weighted by Gasteiger charge is -2.24. The Labute approximate surface area is 277 Å². The smallest absolute Gasteiger partial charge is 0.0902 e. The number of hydrogen-bond acceptors (Lipinski definition) is 2. The number of fused-ring (bicyclic) bond motifs is 10. The minimum Gasteiger partial charge on any atom is -0.309 e. The highest BCUT2D eigenvalue weighted by atomic mass is 32.1. The molecule has 0 radical (unpaired) electrons. The SMILES string of the molecule is CC1(C)c2ccccc2-c2c1c(-c1ccc(-c3ccc(-n4c5ccccc5c5ccccc54)cc3)cc1)nc1c2sc2ccccc21. The van der Waals surface area contributed by atoms with Gasteiger partial charge in [0, 0.05) is 43.1 Å². The summed E-state index contributed by atoms with van der Waals surface area (Å²) in [5, 5.41) is 3.80. The first-order valence-electron chi connectivity index (χ1n) is 16.2. The Morgan fingerprint density at radius 2 is 1.11 bits per heavy atom. The van der Waals surface area contributed by atoms with Gasteiger partial charge < -0.3 is 4.57 Å². The van der Waals surface area contributed by atoms with E-state index in [1.165, 1.54) is 75.7 Å². The molecule has 47 heavy (non-hydrogen) atoms. The van der Waals surface area contributed by atoms with Crippen LogP contribution >= 0.6 is 11.3 Å². The maximum Gasteiger partial charge on any atom is 0.0902 e. The van der Waals surface area contributed by atoms with Crippen LogP contribution in [0.2, 0.25) is 0 Å². The lowest BCUT2D eigenvalue weighted by molar-refractivity contribution is 0.660. The third kappa shape index (κ3) is 3.75. The van der Waals surface area contributed by atoms with Gasteiger partial charge in [0.25, 0.3) is 0 Å². The van der Waals surface area contributed by atoms with Crippen molar-refractivity contribution < 1.29 is 0 Å². The number of thiophene rings is 1. The maximum absolute atomic E-state index is 5.48. The molecule has 0 bridgehead atoms. The summed E-state index contributed by atoms with van der Waals surface area (Å²) in [5.41, 5.74) is 14.6. The molecule has 222 valence electrons. The third-order valence-corrected chi connectivity index (χ3v) is 11.4. The summed E-state index contributed by atoms with van der Waals surface area (Å²) in [4.78, 5) is 5.48. The van der Waals surface area contributed by atoms with Gasteiger partial charge in [0.15, 0.2) is 0 Å². The Balaban J connectivity index is 1.09. The van der Waals surface area contributed by atoms with E-state index in [4.69, 9.17) is 4.98 Å². The standard InChI is InChI=1S/C44H30N2S/c1-44(2)35-15-7-3-13-33(35)39-40(44)41(45-42-34-14-6-10-18-38(34)47-43(39)42)29-21-19-27(20-22-29)28-23-25-30(26-24-28)46-36-16-8-4-11-31(36)32-12-5-9-17-37(32)46/h3-26H,1-2H3. The predicted molar refractivity (Wildman–Crippen MR) is 200 cm³/mol. The first kappa shape index (κ1) is 26.7. The van der Waals surface area contributed by atoms with Gasteiger partial charge in [-0.2, -0.15) is 0 Å². The van der Waals surface area contributed by atoms with Gasteiger partial charge in [0.05, 0.1) is 26.9 Å². The number of aromatic nitrogens is 2. The summed E-state index contributed by atoms with van der Waals surface area (Å²) in [6.45, 7) is 4.71. The van der Waals surface area contributed by atoms with E-state index in [0.717, 1.165) is 16.8 Å². The topological polar surface area (TPSA) is 17.8 Å². The van der Waals surface area contributed by atoms with Crippen LogP contribution in [-0.2, 0) is 5.41 Å². The highest BCUT2D eigenvalue weighted by molar-refractivity contribution is 7.26. The number of pyridine rings is 1. The van der Waals surface area contributed by atoms with Crippen LogP contribution in [0.5, 0.6) is 0 Å². The Kier molecular flexibility index (Phi) is 5.53. The average molecular weight is 619 g/mol. The van der Waals surface area contributed by atoms with Crippen molar-refractivity contribution in [3.63, 3.8) is 0 Å². The molecule has 0 unspecified atom stereocenters. The van der Waals surface area contributed by atoms with Crippen LogP contribution in [0.4, 0.5) is 0 Å². The normalized spacial score (nSPS) is 13.5. The Bertz CT molecular complexity index is 2640. The van der Waals surface area contributed by atoms with E-state index in [1.807, 2.05) is 11.3 Å². The summed E-state index contributed by atoms with van der Waals surface area (Å²) in [7, 11) is 0. The van der Waals surface area contributed by atoms with Crippen molar-refractivity contribution in [2.24, 2.45) is 0 Å². The van der Waals surface area contributed by atoms with Crippen molar-refractivity contribution in [1.29, 1.82) is 0 Å². The van der Waals surface area contributed by atoms with E-state index in [0.29, 0.717) is 0 Å². The predicted octanol–water partition coefficient (Wildman–Crippen LogP) is 12.2. The van der Waals surface area contributed by atoms with Crippen LogP contribution in [0, 0.1) is 0 Å². The Morgan fingerprint density at radius 3 is 1.81 bits per heavy atom. The molecule has 3 aromatic heterocycles. The van der Waals surface area contributed by atoms with Gasteiger partial charge in [-0.1, -0.05) is 129 Å². The zero-order valence-electron chi connectivity index (χ0n) is 26.2. The zero-order chi connectivity index (χ0) is 31.3. The molecule has 0 fully saturated rings. The van der Waals surface area contributed by atoms with Crippen molar-refractivity contribution in [2.45, 2.75) is 19.3 Å². The second-order valence-electron chi connectivity index (χ2n) is 13.2. The molecular weight excluding hydrogens is 589 g/mol. The number of para-hydroxylation sites is 2. The molecule has 3 heterocycles. The molecule has 0 amide bonds. The number of rotatable bonds is 3. The monoisotopic (exact) mass is 618 g/mol. The summed E-state index contributed by atoms with van der Waals surface area (Å²) in [6.07, 6.45) is 0. The molecule has 9 aromatic rings. The second kappa shape index (κ2) is 9.75.